The Morgan fingerprint density at radius 2 is 1.62 bits per heavy atom. The molecule has 0 nitrogen and oxygen atoms in total. The fourth-order valence-corrected chi connectivity index (χ4v) is 1.50. The Bertz CT molecular complexity index is 58.4. The molecule has 0 aliphatic heterocycles. The summed E-state index contributed by atoms with van der Waals surface area (Å²) in [5.74, 6) is 2.62. The highest BCUT2D eigenvalue weighted by atomic mass is 14.2. The minimum atomic E-state index is 0.981. The molecule has 0 bridgehead atoms. The van der Waals surface area contributed by atoms with Crippen molar-refractivity contribution in [3.05, 3.63) is 5.92 Å². The molecule has 8 heavy (non-hydrogen) atoms. The Balaban J connectivity index is 2.24. The molecule has 0 amide bonds. The molecule has 1 saturated carbocycles. The summed E-state index contributed by atoms with van der Waals surface area (Å²) in [6.45, 7) is 4.52. The maximum Gasteiger partial charge on any atom is 0.0996 e. The summed E-state index contributed by atoms with van der Waals surface area (Å²) in [5, 5.41) is 0. The number of hydrogen-bond donors (Lipinski definition) is 0. The Labute approximate surface area is 52.3 Å². The van der Waals surface area contributed by atoms with Gasteiger partial charge < -0.3 is 0 Å². The maximum absolute atomic E-state index is 2.26. The minimum absolute atomic E-state index is 0.981. The van der Waals surface area contributed by atoms with Gasteiger partial charge in [0.05, 0.1) is 25.7 Å². The zero-order valence-electron chi connectivity index (χ0n) is 5.91. The first-order chi connectivity index (χ1) is 3.80. The van der Waals surface area contributed by atoms with Gasteiger partial charge in [0.15, 0.2) is 0 Å². The fourth-order valence-electron chi connectivity index (χ4n) is 1.50. The van der Waals surface area contributed by atoms with Gasteiger partial charge in [0.25, 0.3) is 0 Å². The van der Waals surface area contributed by atoms with Crippen LogP contribution in [0.5, 0.6) is 0 Å². The smallest absolute Gasteiger partial charge is 0.0488 e. The molecule has 0 radical (unpaired) electrons. The van der Waals surface area contributed by atoms with E-state index in [2.05, 4.69) is 13.8 Å². The van der Waals surface area contributed by atoms with E-state index in [1.807, 2.05) is 0 Å². The van der Waals surface area contributed by atoms with Crippen LogP contribution in [0.3, 0.4) is 0 Å². The van der Waals surface area contributed by atoms with Gasteiger partial charge in [-0.05, 0) is 25.7 Å². The Morgan fingerprint density at radius 1 is 1.12 bits per heavy atom. The molecule has 1 aliphatic rings. The van der Waals surface area contributed by atoms with Crippen molar-refractivity contribution >= 4 is 0 Å². The SMILES string of the molecule is C[C+](C)C1CCCC1. The highest BCUT2D eigenvalue weighted by Gasteiger charge is 2.25. The molecule has 0 heterocycles. The average molecular weight is 111 g/mol. The van der Waals surface area contributed by atoms with Gasteiger partial charge in [0.1, 0.15) is 0 Å². The quantitative estimate of drug-likeness (QED) is 0.456. The van der Waals surface area contributed by atoms with Gasteiger partial charge >= 0.3 is 0 Å². The predicted octanol–water partition coefficient (Wildman–Crippen LogP) is 2.79. The summed E-state index contributed by atoms with van der Waals surface area (Å²) < 4.78 is 0. The largest absolute Gasteiger partial charge is 0.0996 e. The molecule has 0 atom stereocenters. The van der Waals surface area contributed by atoms with Gasteiger partial charge in [0.2, 0.25) is 0 Å². The van der Waals surface area contributed by atoms with Gasteiger partial charge in [-0.3, -0.25) is 0 Å². The van der Waals surface area contributed by atoms with Crippen molar-refractivity contribution in [3.63, 3.8) is 0 Å². The van der Waals surface area contributed by atoms with E-state index in [9.17, 15) is 0 Å². The summed E-state index contributed by atoms with van der Waals surface area (Å²) in [4.78, 5) is 0. The van der Waals surface area contributed by atoms with Crippen LogP contribution in [0.4, 0.5) is 0 Å². The lowest BCUT2D eigenvalue weighted by atomic mass is 9.95. The van der Waals surface area contributed by atoms with Crippen LogP contribution in [0.1, 0.15) is 39.5 Å². The molecule has 1 rings (SSSR count). The lowest BCUT2D eigenvalue weighted by Gasteiger charge is -2.00. The Kier molecular flexibility index (Phi) is 1.82. The van der Waals surface area contributed by atoms with E-state index in [1.165, 1.54) is 25.7 Å². The van der Waals surface area contributed by atoms with Gasteiger partial charge in [-0.15, -0.1) is 0 Å². The van der Waals surface area contributed by atoms with Crippen molar-refractivity contribution in [3.8, 4) is 0 Å². The van der Waals surface area contributed by atoms with Crippen molar-refractivity contribution in [2.75, 3.05) is 0 Å². The number of rotatable bonds is 1. The Hall–Kier alpha value is -0.130. The average Bonchev–Trinajstić information content (AvgIpc) is 2.12. The van der Waals surface area contributed by atoms with Crippen LogP contribution in [0, 0.1) is 11.8 Å². The van der Waals surface area contributed by atoms with E-state index < -0.39 is 0 Å². The third-order valence-electron chi connectivity index (χ3n) is 2.17. The third-order valence-corrected chi connectivity index (χ3v) is 2.17. The standard InChI is InChI=1S/C8H15/c1-7(2)8-5-3-4-6-8/h8H,3-6H2,1-2H3/q+1. The van der Waals surface area contributed by atoms with Crippen molar-refractivity contribution in [1.29, 1.82) is 0 Å². The summed E-state index contributed by atoms with van der Waals surface area (Å²) in [7, 11) is 0. The molecular formula is C8H15+. The highest BCUT2D eigenvalue weighted by Crippen LogP contribution is 2.31. The van der Waals surface area contributed by atoms with Crippen molar-refractivity contribution in [1.82, 2.24) is 0 Å². The minimum Gasteiger partial charge on any atom is -0.0488 e. The molecule has 0 unspecified atom stereocenters. The molecule has 0 aromatic carbocycles. The topological polar surface area (TPSA) is 0 Å². The van der Waals surface area contributed by atoms with E-state index >= 15 is 0 Å². The first kappa shape index (κ1) is 6.00. The molecule has 1 fully saturated rings. The zero-order valence-corrected chi connectivity index (χ0v) is 5.91. The first-order valence-corrected chi connectivity index (χ1v) is 3.61. The van der Waals surface area contributed by atoms with Gasteiger partial charge in [-0.25, -0.2) is 0 Å². The van der Waals surface area contributed by atoms with Gasteiger partial charge in [-0.2, -0.15) is 0 Å². The van der Waals surface area contributed by atoms with E-state index in [0.717, 1.165) is 5.92 Å². The van der Waals surface area contributed by atoms with Crippen LogP contribution < -0.4 is 0 Å². The van der Waals surface area contributed by atoms with Crippen molar-refractivity contribution < 1.29 is 0 Å². The molecule has 0 aromatic rings. The van der Waals surface area contributed by atoms with E-state index in [0.29, 0.717) is 0 Å². The lowest BCUT2D eigenvalue weighted by molar-refractivity contribution is 0.570. The number of hydrogen-bond acceptors (Lipinski definition) is 0. The normalized spacial score (nSPS) is 21.8. The molecular weight excluding hydrogens is 96.1 g/mol. The Morgan fingerprint density at radius 3 is 1.88 bits per heavy atom. The highest BCUT2D eigenvalue weighted by molar-refractivity contribution is 4.89. The van der Waals surface area contributed by atoms with Crippen LogP contribution in [0.15, 0.2) is 0 Å². The van der Waals surface area contributed by atoms with Gasteiger partial charge in [0, 0.05) is 0 Å². The van der Waals surface area contributed by atoms with E-state index in [4.69, 9.17) is 0 Å². The second-order valence-electron chi connectivity index (χ2n) is 3.06. The first-order valence-electron chi connectivity index (χ1n) is 3.61. The monoisotopic (exact) mass is 111 g/mol. The molecule has 0 heteroatoms. The van der Waals surface area contributed by atoms with Crippen LogP contribution in [-0.4, -0.2) is 0 Å². The molecule has 0 saturated heterocycles. The lowest BCUT2D eigenvalue weighted by Crippen LogP contribution is -1.99. The summed E-state index contributed by atoms with van der Waals surface area (Å²) >= 11 is 0. The second kappa shape index (κ2) is 2.43. The second-order valence-corrected chi connectivity index (χ2v) is 3.06. The fraction of sp³-hybridized carbons (Fsp3) is 0.875. The van der Waals surface area contributed by atoms with Crippen LogP contribution in [-0.2, 0) is 0 Å². The zero-order chi connectivity index (χ0) is 5.98. The molecule has 0 N–H and O–H groups in total. The van der Waals surface area contributed by atoms with Crippen LogP contribution in [0.2, 0.25) is 0 Å². The van der Waals surface area contributed by atoms with Crippen LogP contribution in [0.25, 0.3) is 0 Å². The van der Waals surface area contributed by atoms with E-state index in [-0.39, 0.29) is 0 Å². The summed E-state index contributed by atoms with van der Waals surface area (Å²) in [6, 6.07) is 0. The molecule has 0 aromatic heterocycles. The maximum atomic E-state index is 2.26. The summed E-state index contributed by atoms with van der Waals surface area (Å²) in [5.41, 5.74) is 0. The molecule has 0 spiro atoms. The molecule has 1 aliphatic carbocycles. The van der Waals surface area contributed by atoms with Gasteiger partial charge in [-0.1, -0.05) is 0 Å². The van der Waals surface area contributed by atoms with E-state index in [1.54, 1.807) is 5.92 Å². The summed E-state index contributed by atoms with van der Waals surface area (Å²) in [6.07, 6.45) is 5.86. The van der Waals surface area contributed by atoms with Crippen LogP contribution >= 0.6 is 0 Å². The third kappa shape index (κ3) is 1.18. The predicted molar refractivity (Wildman–Crippen MR) is 36.5 cm³/mol. The molecule has 46 valence electrons. The van der Waals surface area contributed by atoms with Crippen molar-refractivity contribution in [2.24, 2.45) is 5.92 Å². The van der Waals surface area contributed by atoms with Crippen molar-refractivity contribution in [2.45, 2.75) is 39.5 Å².